The van der Waals surface area contributed by atoms with E-state index >= 15 is 0 Å². The molecule has 0 bridgehead atoms. The van der Waals surface area contributed by atoms with Crippen LogP contribution in [0.25, 0.3) is 0 Å². The number of unbranched alkanes of at least 4 members (excludes halogenated alkanes) is 3. The number of rotatable bonds is 8. The predicted octanol–water partition coefficient (Wildman–Crippen LogP) is 2.45. The van der Waals surface area contributed by atoms with Crippen LogP contribution >= 0.6 is 0 Å². The summed E-state index contributed by atoms with van der Waals surface area (Å²) in [6.45, 7) is 5.60. The molecule has 0 saturated carbocycles. The summed E-state index contributed by atoms with van der Waals surface area (Å²) in [6.07, 6.45) is 4.05. The van der Waals surface area contributed by atoms with Gasteiger partial charge in [-0.05, 0) is 13.3 Å². The number of carbonyl (C=O) groups is 2. The summed E-state index contributed by atoms with van der Waals surface area (Å²) in [5, 5.41) is 0. The Morgan fingerprint density at radius 1 is 1.19 bits per heavy atom. The number of ether oxygens (including phenoxy) is 2. The minimum Gasteiger partial charge on any atom is -0.466 e. The molecule has 0 spiro atoms. The summed E-state index contributed by atoms with van der Waals surface area (Å²) in [5.74, 6) is -0.673. The highest BCUT2D eigenvalue weighted by molar-refractivity contribution is 5.71. The lowest BCUT2D eigenvalue weighted by Gasteiger charge is -2.11. The maximum atomic E-state index is 11.3. The number of carbonyl (C=O) groups excluding carboxylic acids is 2. The summed E-state index contributed by atoms with van der Waals surface area (Å²) >= 11 is 0. The number of esters is 2. The van der Waals surface area contributed by atoms with Gasteiger partial charge in [0.05, 0.1) is 13.0 Å². The zero-order chi connectivity index (χ0) is 12.4. The van der Waals surface area contributed by atoms with Crippen LogP contribution in [0.3, 0.4) is 0 Å². The minimum atomic E-state index is -0.402. The topological polar surface area (TPSA) is 52.6 Å². The third kappa shape index (κ3) is 9.49. The van der Waals surface area contributed by atoms with Gasteiger partial charge in [-0.2, -0.15) is 0 Å². The standard InChI is InChI=1S/C12H22O4/c1-4-5-6-7-8-15-12(14)9-10(2)16-11(3)13/h10H,4-9H2,1-3H3/t10-/m1/s1. The molecule has 0 aliphatic heterocycles. The molecule has 0 saturated heterocycles. The summed E-state index contributed by atoms with van der Waals surface area (Å²) in [4.78, 5) is 21.8. The molecule has 0 heterocycles. The average molecular weight is 230 g/mol. The quantitative estimate of drug-likeness (QED) is 0.475. The van der Waals surface area contributed by atoms with Crippen molar-refractivity contribution < 1.29 is 19.1 Å². The van der Waals surface area contributed by atoms with Crippen molar-refractivity contribution in [2.45, 2.75) is 59.0 Å². The second kappa shape index (κ2) is 9.19. The number of hydrogen-bond donors (Lipinski definition) is 0. The Morgan fingerprint density at radius 3 is 2.44 bits per heavy atom. The largest absolute Gasteiger partial charge is 0.466 e. The van der Waals surface area contributed by atoms with Gasteiger partial charge in [-0.25, -0.2) is 0 Å². The molecule has 0 aromatic carbocycles. The van der Waals surface area contributed by atoms with Gasteiger partial charge in [0.15, 0.2) is 0 Å². The Labute approximate surface area is 97.3 Å². The van der Waals surface area contributed by atoms with Crippen molar-refractivity contribution in [2.75, 3.05) is 6.61 Å². The fourth-order valence-electron chi connectivity index (χ4n) is 1.33. The Hall–Kier alpha value is -1.06. The second-order valence-electron chi connectivity index (χ2n) is 3.91. The molecule has 16 heavy (non-hydrogen) atoms. The summed E-state index contributed by atoms with van der Waals surface area (Å²) in [7, 11) is 0. The lowest BCUT2D eigenvalue weighted by Crippen LogP contribution is -2.18. The van der Waals surface area contributed by atoms with Gasteiger partial charge in [0.1, 0.15) is 6.10 Å². The first-order valence-corrected chi connectivity index (χ1v) is 5.89. The molecule has 0 radical (unpaired) electrons. The third-order valence-electron chi connectivity index (χ3n) is 2.08. The molecule has 0 aromatic heterocycles. The summed E-state index contributed by atoms with van der Waals surface area (Å²) in [6, 6.07) is 0. The van der Waals surface area contributed by atoms with Gasteiger partial charge < -0.3 is 9.47 Å². The third-order valence-corrected chi connectivity index (χ3v) is 2.08. The lowest BCUT2D eigenvalue weighted by molar-refractivity contribution is -0.152. The average Bonchev–Trinajstić information content (AvgIpc) is 2.15. The molecular weight excluding hydrogens is 208 g/mol. The van der Waals surface area contributed by atoms with Gasteiger partial charge in [-0.15, -0.1) is 0 Å². The van der Waals surface area contributed by atoms with E-state index in [4.69, 9.17) is 9.47 Å². The van der Waals surface area contributed by atoms with E-state index in [0.29, 0.717) is 6.61 Å². The monoisotopic (exact) mass is 230 g/mol. The van der Waals surface area contributed by atoms with E-state index in [1.165, 1.54) is 13.3 Å². The Bertz CT molecular complexity index is 213. The minimum absolute atomic E-state index is 0.132. The van der Waals surface area contributed by atoms with Crippen molar-refractivity contribution in [2.24, 2.45) is 0 Å². The lowest BCUT2D eigenvalue weighted by atomic mass is 10.2. The molecule has 0 aliphatic carbocycles. The number of hydrogen-bond acceptors (Lipinski definition) is 4. The first-order chi connectivity index (χ1) is 7.56. The Balaban J connectivity index is 3.47. The molecule has 0 amide bonds. The van der Waals surface area contributed by atoms with Crippen LogP contribution in [0.1, 0.15) is 52.9 Å². The molecule has 0 unspecified atom stereocenters. The maximum Gasteiger partial charge on any atom is 0.309 e. The molecule has 94 valence electrons. The van der Waals surface area contributed by atoms with E-state index in [9.17, 15) is 9.59 Å². The first kappa shape index (κ1) is 14.9. The first-order valence-electron chi connectivity index (χ1n) is 5.89. The molecule has 0 N–H and O–H groups in total. The molecule has 0 fully saturated rings. The normalized spacial score (nSPS) is 11.9. The van der Waals surface area contributed by atoms with Crippen molar-refractivity contribution in [3.63, 3.8) is 0 Å². The van der Waals surface area contributed by atoms with Crippen LogP contribution in [0.4, 0.5) is 0 Å². The molecule has 0 rings (SSSR count). The van der Waals surface area contributed by atoms with Crippen LogP contribution in [0, 0.1) is 0 Å². The van der Waals surface area contributed by atoms with Crippen molar-refractivity contribution in [3.8, 4) is 0 Å². The van der Waals surface area contributed by atoms with Gasteiger partial charge in [0, 0.05) is 6.92 Å². The SMILES string of the molecule is CCCCCCOC(=O)C[C@@H](C)OC(C)=O. The van der Waals surface area contributed by atoms with E-state index in [2.05, 4.69) is 6.92 Å². The van der Waals surface area contributed by atoms with Crippen molar-refractivity contribution in [1.29, 1.82) is 0 Å². The van der Waals surface area contributed by atoms with Crippen LogP contribution in [-0.4, -0.2) is 24.6 Å². The zero-order valence-electron chi connectivity index (χ0n) is 10.5. The molecule has 1 atom stereocenters. The van der Waals surface area contributed by atoms with Gasteiger partial charge in [-0.3, -0.25) is 9.59 Å². The van der Waals surface area contributed by atoms with Crippen LogP contribution in [-0.2, 0) is 19.1 Å². The highest BCUT2D eigenvalue weighted by Crippen LogP contribution is 2.03. The fraction of sp³-hybridized carbons (Fsp3) is 0.833. The summed E-state index contributed by atoms with van der Waals surface area (Å²) in [5.41, 5.74) is 0. The van der Waals surface area contributed by atoms with Crippen LogP contribution in [0.5, 0.6) is 0 Å². The second-order valence-corrected chi connectivity index (χ2v) is 3.91. The zero-order valence-corrected chi connectivity index (χ0v) is 10.5. The predicted molar refractivity (Wildman–Crippen MR) is 60.9 cm³/mol. The Kier molecular flexibility index (Phi) is 8.58. The highest BCUT2D eigenvalue weighted by atomic mass is 16.6. The fourth-order valence-corrected chi connectivity index (χ4v) is 1.33. The van der Waals surface area contributed by atoms with Crippen molar-refractivity contribution in [3.05, 3.63) is 0 Å². The van der Waals surface area contributed by atoms with Gasteiger partial charge >= 0.3 is 11.9 Å². The molecule has 4 nitrogen and oxygen atoms in total. The van der Waals surface area contributed by atoms with Gasteiger partial charge in [0.25, 0.3) is 0 Å². The van der Waals surface area contributed by atoms with E-state index in [0.717, 1.165) is 19.3 Å². The molecular formula is C12H22O4. The van der Waals surface area contributed by atoms with E-state index in [1.54, 1.807) is 6.92 Å². The van der Waals surface area contributed by atoms with E-state index in [1.807, 2.05) is 0 Å². The molecule has 0 aromatic rings. The van der Waals surface area contributed by atoms with Gasteiger partial charge in [-0.1, -0.05) is 26.2 Å². The van der Waals surface area contributed by atoms with Crippen molar-refractivity contribution in [1.82, 2.24) is 0 Å². The molecule has 4 heteroatoms. The Morgan fingerprint density at radius 2 is 1.88 bits per heavy atom. The van der Waals surface area contributed by atoms with E-state index < -0.39 is 6.10 Å². The van der Waals surface area contributed by atoms with Crippen LogP contribution < -0.4 is 0 Å². The van der Waals surface area contributed by atoms with E-state index in [-0.39, 0.29) is 18.4 Å². The molecule has 0 aliphatic rings. The smallest absolute Gasteiger partial charge is 0.309 e. The summed E-state index contributed by atoms with van der Waals surface area (Å²) < 4.78 is 9.84. The van der Waals surface area contributed by atoms with Crippen molar-refractivity contribution >= 4 is 11.9 Å². The maximum absolute atomic E-state index is 11.3. The highest BCUT2D eigenvalue weighted by Gasteiger charge is 2.12. The van der Waals surface area contributed by atoms with Crippen LogP contribution in [0.2, 0.25) is 0 Å². The van der Waals surface area contributed by atoms with Gasteiger partial charge in [0.2, 0.25) is 0 Å². The van der Waals surface area contributed by atoms with Crippen LogP contribution in [0.15, 0.2) is 0 Å².